The van der Waals surface area contributed by atoms with Crippen molar-refractivity contribution in [1.29, 1.82) is 0 Å². The van der Waals surface area contributed by atoms with Gasteiger partial charge in [-0.25, -0.2) is 0 Å². The van der Waals surface area contributed by atoms with Crippen LogP contribution in [0.15, 0.2) is 17.0 Å². The van der Waals surface area contributed by atoms with E-state index in [9.17, 15) is 0 Å². The molecule has 10 heavy (non-hydrogen) atoms. The van der Waals surface area contributed by atoms with Crippen LogP contribution < -0.4 is 0 Å². The van der Waals surface area contributed by atoms with Crippen LogP contribution in [0.25, 0.3) is 0 Å². The van der Waals surface area contributed by atoms with E-state index in [1.165, 1.54) is 12.1 Å². The Morgan fingerprint density at radius 3 is 2.40 bits per heavy atom. The first-order valence-electron chi connectivity index (χ1n) is 2.49. The molecule has 1 rings (SSSR count). The molecular weight excluding hydrogens is 191 g/mol. The monoisotopic (exact) mass is 194 g/mol. The molecule has 0 unspecified atom stereocenters. The maximum Gasteiger partial charge on any atom is 0.130 e. The van der Waals surface area contributed by atoms with E-state index in [-0.39, 0.29) is 10.8 Å². The van der Waals surface area contributed by atoms with Crippen LogP contribution in [0.2, 0.25) is 10.0 Å². The highest BCUT2D eigenvalue weighted by Crippen LogP contribution is 2.34. The number of hydrogen-bond donors (Lipinski definition) is 2. The smallest absolute Gasteiger partial charge is 0.130 e. The predicted octanol–water partition coefficient (Wildman–Crippen LogP) is 2.99. The molecule has 1 aromatic rings. The molecule has 0 bridgehead atoms. The van der Waals surface area contributed by atoms with E-state index in [2.05, 4.69) is 12.6 Å². The molecule has 0 aromatic heterocycles. The Hall–Kier alpha value is -0.0500. The van der Waals surface area contributed by atoms with Gasteiger partial charge < -0.3 is 5.11 Å². The minimum absolute atomic E-state index is 0.0396. The molecule has 0 spiro atoms. The summed E-state index contributed by atoms with van der Waals surface area (Å²) in [6, 6.07) is 2.95. The SMILES string of the molecule is Oc1ccc(Cl)c(Cl)c1S. The molecule has 0 aliphatic heterocycles. The molecule has 1 nitrogen and oxygen atoms in total. The fourth-order valence-corrected chi connectivity index (χ4v) is 1.11. The quantitative estimate of drug-likeness (QED) is 0.609. The van der Waals surface area contributed by atoms with Crippen LogP contribution in [0.1, 0.15) is 0 Å². The van der Waals surface area contributed by atoms with Crippen LogP contribution in [-0.4, -0.2) is 5.11 Å². The predicted molar refractivity (Wildman–Crippen MR) is 45.4 cm³/mol. The number of aromatic hydroxyl groups is 1. The summed E-state index contributed by atoms with van der Waals surface area (Å²) in [5, 5.41) is 9.68. The first kappa shape index (κ1) is 8.05. The van der Waals surface area contributed by atoms with Gasteiger partial charge in [0.1, 0.15) is 5.75 Å². The molecule has 0 atom stereocenters. The van der Waals surface area contributed by atoms with E-state index in [1.807, 2.05) is 0 Å². The van der Waals surface area contributed by atoms with Crippen molar-refractivity contribution in [3.8, 4) is 5.75 Å². The van der Waals surface area contributed by atoms with Crippen molar-refractivity contribution in [3.63, 3.8) is 0 Å². The zero-order chi connectivity index (χ0) is 7.72. The van der Waals surface area contributed by atoms with Crippen LogP contribution in [0.5, 0.6) is 5.75 Å². The molecule has 0 fully saturated rings. The number of halogens is 2. The highest BCUT2D eigenvalue weighted by Gasteiger charge is 2.04. The molecule has 54 valence electrons. The highest BCUT2D eigenvalue weighted by molar-refractivity contribution is 7.80. The van der Waals surface area contributed by atoms with Crippen molar-refractivity contribution in [2.45, 2.75) is 4.90 Å². The maximum absolute atomic E-state index is 9.01. The van der Waals surface area contributed by atoms with Gasteiger partial charge in [0.15, 0.2) is 0 Å². The van der Waals surface area contributed by atoms with Gasteiger partial charge in [-0.2, -0.15) is 0 Å². The molecule has 0 aliphatic carbocycles. The van der Waals surface area contributed by atoms with Gasteiger partial charge >= 0.3 is 0 Å². The van der Waals surface area contributed by atoms with Crippen LogP contribution in [-0.2, 0) is 0 Å². The zero-order valence-corrected chi connectivity index (χ0v) is 7.21. The van der Waals surface area contributed by atoms with Crippen LogP contribution in [0.4, 0.5) is 0 Å². The van der Waals surface area contributed by atoms with E-state index in [0.29, 0.717) is 9.92 Å². The largest absolute Gasteiger partial charge is 0.507 e. The molecular formula is C6H4Cl2OS. The molecule has 0 amide bonds. The summed E-state index contributed by atoms with van der Waals surface area (Å²) in [6.45, 7) is 0. The number of thiol groups is 1. The third-order valence-corrected chi connectivity index (χ3v) is 2.44. The second-order valence-electron chi connectivity index (χ2n) is 1.73. The molecule has 0 aliphatic rings. The lowest BCUT2D eigenvalue weighted by molar-refractivity contribution is 0.463. The van der Waals surface area contributed by atoms with Crippen molar-refractivity contribution < 1.29 is 5.11 Å². The number of hydrogen-bond acceptors (Lipinski definition) is 2. The number of phenolic OH excluding ortho intramolecular Hbond substituents is 1. The topological polar surface area (TPSA) is 20.2 Å². The third-order valence-electron chi connectivity index (χ3n) is 1.05. The second-order valence-corrected chi connectivity index (χ2v) is 2.96. The van der Waals surface area contributed by atoms with Crippen molar-refractivity contribution in [2.24, 2.45) is 0 Å². The lowest BCUT2D eigenvalue weighted by Crippen LogP contribution is -1.72. The van der Waals surface area contributed by atoms with E-state index in [1.54, 1.807) is 0 Å². The molecule has 0 saturated carbocycles. The summed E-state index contributed by atoms with van der Waals surface area (Å²) in [5.74, 6) is 0.0396. The summed E-state index contributed by atoms with van der Waals surface area (Å²) in [4.78, 5) is 0.314. The summed E-state index contributed by atoms with van der Waals surface area (Å²) in [7, 11) is 0. The molecule has 0 radical (unpaired) electrons. The van der Waals surface area contributed by atoms with Gasteiger partial charge in [0, 0.05) is 0 Å². The summed E-state index contributed by atoms with van der Waals surface area (Å²) in [6.07, 6.45) is 0. The number of phenols is 1. The Balaban J connectivity index is 3.34. The highest BCUT2D eigenvalue weighted by atomic mass is 35.5. The second kappa shape index (κ2) is 2.91. The minimum atomic E-state index is 0.0396. The fourth-order valence-electron chi connectivity index (χ4n) is 0.530. The van der Waals surface area contributed by atoms with Gasteiger partial charge in [-0.15, -0.1) is 12.6 Å². The Bertz CT molecular complexity index is 235. The molecule has 0 heterocycles. The summed E-state index contributed by atoms with van der Waals surface area (Å²) < 4.78 is 0. The van der Waals surface area contributed by atoms with Crippen molar-refractivity contribution >= 4 is 35.8 Å². The van der Waals surface area contributed by atoms with Gasteiger partial charge in [-0.1, -0.05) is 23.2 Å². The molecule has 1 aromatic carbocycles. The lowest BCUT2D eigenvalue weighted by Gasteiger charge is -2.00. The summed E-state index contributed by atoms with van der Waals surface area (Å²) in [5.41, 5.74) is 0. The Morgan fingerprint density at radius 2 is 1.90 bits per heavy atom. The standard InChI is InChI=1S/C6H4Cl2OS/c7-3-1-2-4(9)6(10)5(3)8/h1-2,9-10H. The fraction of sp³-hybridized carbons (Fsp3) is 0. The zero-order valence-electron chi connectivity index (χ0n) is 4.81. The number of benzene rings is 1. The van der Waals surface area contributed by atoms with E-state index >= 15 is 0 Å². The minimum Gasteiger partial charge on any atom is -0.507 e. The van der Waals surface area contributed by atoms with Crippen molar-refractivity contribution in [3.05, 3.63) is 22.2 Å². The first-order chi connectivity index (χ1) is 4.63. The maximum atomic E-state index is 9.01. The van der Waals surface area contributed by atoms with Gasteiger partial charge in [0.25, 0.3) is 0 Å². The van der Waals surface area contributed by atoms with Gasteiger partial charge in [-0.05, 0) is 12.1 Å². The Kier molecular flexibility index (Phi) is 2.34. The van der Waals surface area contributed by atoms with Crippen molar-refractivity contribution in [2.75, 3.05) is 0 Å². The molecule has 4 heteroatoms. The van der Waals surface area contributed by atoms with E-state index in [4.69, 9.17) is 28.3 Å². The van der Waals surface area contributed by atoms with Crippen LogP contribution in [0.3, 0.4) is 0 Å². The van der Waals surface area contributed by atoms with Gasteiger partial charge in [0.2, 0.25) is 0 Å². The third kappa shape index (κ3) is 1.34. The van der Waals surface area contributed by atoms with E-state index in [0.717, 1.165) is 0 Å². The Morgan fingerprint density at radius 1 is 1.30 bits per heavy atom. The number of rotatable bonds is 0. The van der Waals surface area contributed by atoms with Crippen LogP contribution in [0, 0.1) is 0 Å². The Labute approximate surface area is 74.0 Å². The average Bonchev–Trinajstić information content (AvgIpc) is 1.93. The van der Waals surface area contributed by atoms with Gasteiger partial charge in [-0.3, -0.25) is 0 Å². The molecule has 1 N–H and O–H groups in total. The lowest BCUT2D eigenvalue weighted by atomic mass is 10.3. The van der Waals surface area contributed by atoms with Gasteiger partial charge in [0.05, 0.1) is 14.9 Å². The van der Waals surface area contributed by atoms with E-state index < -0.39 is 0 Å². The first-order valence-corrected chi connectivity index (χ1v) is 3.69. The van der Waals surface area contributed by atoms with Crippen molar-refractivity contribution in [1.82, 2.24) is 0 Å². The summed E-state index contributed by atoms with van der Waals surface area (Å²) >= 11 is 15.1. The normalized spacial score (nSPS) is 9.90. The average molecular weight is 195 g/mol. The van der Waals surface area contributed by atoms with Crippen LogP contribution >= 0.6 is 35.8 Å². The molecule has 0 saturated heterocycles.